The third kappa shape index (κ3) is 4.32. The second kappa shape index (κ2) is 8.32. The summed E-state index contributed by atoms with van der Waals surface area (Å²) in [7, 11) is 0. The summed E-state index contributed by atoms with van der Waals surface area (Å²) >= 11 is 1.29. The fourth-order valence-corrected chi connectivity index (χ4v) is 4.57. The van der Waals surface area contributed by atoms with Crippen LogP contribution in [-0.2, 0) is 16.1 Å². The lowest BCUT2D eigenvalue weighted by molar-refractivity contribution is -0.135. The smallest absolute Gasteiger partial charge is 0.348 e. The number of hydrogen-bond donors (Lipinski definition) is 0. The Morgan fingerprint density at radius 2 is 1.90 bits per heavy atom. The molecule has 8 heteroatoms. The van der Waals surface area contributed by atoms with Crippen molar-refractivity contribution in [2.75, 3.05) is 19.7 Å². The topological polar surface area (TPSA) is 64.4 Å². The number of hydrogen-bond acceptors (Lipinski definition) is 5. The number of thiophene rings is 1. The third-order valence-corrected chi connectivity index (χ3v) is 6.22. The minimum atomic E-state index is -0.496. The number of halogens is 1. The van der Waals surface area contributed by atoms with Crippen molar-refractivity contribution in [2.24, 2.45) is 0 Å². The molecule has 0 N–H and O–H groups in total. The highest BCUT2D eigenvalue weighted by Crippen LogP contribution is 2.29. The summed E-state index contributed by atoms with van der Waals surface area (Å²) in [6.45, 7) is 3.60. The van der Waals surface area contributed by atoms with Gasteiger partial charge in [-0.05, 0) is 49.9 Å². The standard InChI is InChI=1S/C21H22FN3O3S/c1-14-17-11-18(21(27)28-13-19(26)24-9-3-2-4-10-24)29-20(17)25(23-14)12-15-5-7-16(22)8-6-15/h5-8,11H,2-4,9-10,12-13H2,1H3. The molecule has 1 aliphatic rings. The molecule has 0 unspecified atom stereocenters. The number of likely N-dealkylation sites (tertiary alicyclic amines) is 1. The molecule has 0 bridgehead atoms. The van der Waals surface area contributed by atoms with Crippen LogP contribution in [-0.4, -0.2) is 46.3 Å². The normalized spacial score (nSPS) is 14.3. The second-order valence-corrected chi connectivity index (χ2v) is 8.25. The van der Waals surface area contributed by atoms with Crippen molar-refractivity contribution in [3.8, 4) is 0 Å². The number of piperidine rings is 1. The number of nitrogens with zero attached hydrogens (tertiary/aromatic N) is 3. The molecule has 4 rings (SSSR count). The first-order chi connectivity index (χ1) is 14.0. The molecule has 6 nitrogen and oxygen atoms in total. The molecule has 3 aromatic rings. The van der Waals surface area contributed by atoms with Crippen LogP contribution in [0.25, 0.3) is 10.2 Å². The van der Waals surface area contributed by atoms with E-state index in [0.717, 1.165) is 53.8 Å². The summed E-state index contributed by atoms with van der Waals surface area (Å²) in [6.07, 6.45) is 3.14. The Morgan fingerprint density at radius 3 is 2.62 bits per heavy atom. The maximum atomic E-state index is 13.1. The molecule has 1 amide bonds. The van der Waals surface area contributed by atoms with E-state index in [4.69, 9.17) is 4.74 Å². The molecule has 2 aromatic heterocycles. The Labute approximate surface area is 171 Å². The van der Waals surface area contributed by atoms with Gasteiger partial charge in [0.05, 0.1) is 12.2 Å². The van der Waals surface area contributed by atoms with Crippen LogP contribution in [0, 0.1) is 12.7 Å². The van der Waals surface area contributed by atoms with E-state index in [9.17, 15) is 14.0 Å². The number of aryl methyl sites for hydroxylation is 1. The largest absolute Gasteiger partial charge is 0.451 e. The van der Waals surface area contributed by atoms with Crippen LogP contribution in [0.2, 0.25) is 0 Å². The lowest BCUT2D eigenvalue weighted by Gasteiger charge is -2.26. The van der Waals surface area contributed by atoms with Crippen LogP contribution in [0.1, 0.15) is 40.2 Å². The van der Waals surface area contributed by atoms with E-state index in [-0.39, 0.29) is 18.3 Å². The zero-order valence-corrected chi connectivity index (χ0v) is 17.0. The van der Waals surface area contributed by atoms with Crippen molar-refractivity contribution in [3.63, 3.8) is 0 Å². The number of ether oxygens (including phenoxy) is 1. The fourth-order valence-electron chi connectivity index (χ4n) is 3.52. The Balaban J connectivity index is 1.46. The number of rotatable bonds is 5. The second-order valence-electron chi connectivity index (χ2n) is 7.22. The van der Waals surface area contributed by atoms with Crippen molar-refractivity contribution < 1.29 is 18.7 Å². The van der Waals surface area contributed by atoms with E-state index in [2.05, 4.69) is 5.10 Å². The van der Waals surface area contributed by atoms with Crippen LogP contribution in [0.3, 0.4) is 0 Å². The third-order valence-electron chi connectivity index (χ3n) is 5.09. The maximum Gasteiger partial charge on any atom is 0.348 e. The molecule has 0 radical (unpaired) electrons. The molecule has 0 atom stereocenters. The minimum absolute atomic E-state index is 0.141. The van der Waals surface area contributed by atoms with Crippen molar-refractivity contribution >= 4 is 33.4 Å². The molecule has 1 fully saturated rings. The zero-order chi connectivity index (χ0) is 20.4. The quantitative estimate of drug-likeness (QED) is 0.595. The molecule has 1 saturated heterocycles. The highest BCUT2D eigenvalue weighted by Gasteiger charge is 2.21. The van der Waals surface area contributed by atoms with Crippen molar-refractivity contribution in [1.82, 2.24) is 14.7 Å². The van der Waals surface area contributed by atoms with Gasteiger partial charge in [-0.3, -0.25) is 9.48 Å². The fraction of sp³-hybridized carbons (Fsp3) is 0.381. The van der Waals surface area contributed by atoms with E-state index in [1.165, 1.54) is 23.5 Å². The minimum Gasteiger partial charge on any atom is -0.451 e. The van der Waals surface area contributed by atoms with E-state index in [1.54, 1.807) is 27.8 Å². The highest BCUT2D eigenvalue weighted by molar-refractivity contribution is 7.20. The first-order valence-corrected chi connectivity index (χ1v) is 10.5. The van der Waals surface area contributed by atoms with Crippen LogP contribution < -0.4 is 0 Å². The van der Waals surface area contributed by atoms with Gasteiger partial charge in [-0.2, -0.15) is 5.10 Å². The number of esters is 1. The zero-order valence-electron chi connectivity index (χ0n) is 16.2. The first kappa shape index (κ1) is 19.6. The van der Waals surface area contributed by atoms with Crippen molar-refractivity contribution in [2.45, 2.75) is 32.7 Å². The molecular weight excluding hydrogens is 393 g/mol. The van der Waals surface area contributed by atoms with Gasteiger partial charge >= 0.3 is 5.97 Å². The number of carbonyl (C=O) groups is 2. The predicted molar refractivity (Wildman–Crippen MR) is 109 cm³/mol. The molecule has 29 heavy (non-hydrogen) atoms. The lowest BCUT2D eigenvalue weighted by Crippen LogP contribution is -2.38. The molecular formula is C21H22FN3O3S. The van der Waals surface area contributed by atoms with Crippen LogP contribution in [0.5, 0.6) is 0 Å². The predicted octanol–water partition coefficient (Wildman–Crippen LogP) is 3.76. The Bertz CT molecular complexity index is 1040. The summed E-state index contributed by atoms with van der Waals surface area (Å²) in [6, 6.07) is 8.02. The first-order valence-electron chi connectivity index (χ1n) is 9.67. The number of fused-ring (bicyclic) bond motifs is 1. The van der Waals surface area contributed by atoms with E-state index in [0.29, 0.717) is 11.4 Å². The van der Waals surface area contributed by atoms with Gasteiger partial charge in [0.1, 0.15) is 15.5 Å². The van der Waals surface area contributed by atoms with Crippen molar-refractivity contribution in [1.29, 1.82) is 0 Å². The van der Waals surface area contributed by atoms with E-state index < -0.39 is 5.97 Å². The van der Waals surface area contributed by atoms with Gasteiger partial charge in [0.25, 0.3) is 5.91 Å². The lowest BCUT2D eigenvalue weighted by atomic mass is 10.1. The van der Waals surface area contributed by atoms with Gasteiger partial charge in [-0.15, -0.1) is 11.3 Å². The summed E-state index contributed by atoms with van der Waals surface area (Å²) in [5.74, 6) is -0.919. The molecule has 0 saturated carbocycles. The molecule has 152 valence electrons. The number of amides is 1. The Kier molecular flexibility index (Phi) is 5.62. The Hall–Kier alpha value is -2.74. The van der Waals surface area contributed by atoms with Crippen molar-refractivity contribution in [3.05, 3.63) is 52.3 Å². The van der Waals surface area contributed by atoms with Gasteiger partial charge in [-0.1, -0.05) is 12.1 Å². The highest BCUT2D eigenvalue weighted by atomic mass is 32.1. The monoisotopic (exact) mass is 415 g/mol. The summed E-state index contributed by atoms with van der Waals surface area (Å²) in [4.78, 5) is 27.7. The summed E-state index contributed by atoms with van der Waals surface area (Å²) < 4.78 is 20.2. The molecule has 1 aromatic carbocycles. The van der Waals surface area contributed by atoms with Gasteiger partial charge in [0, 0.05) is 18.5 Å². The average Bonchev–Trinajstić information content (AvgIpc) is 3.30. The van der Waals surface area contributed by atoms with Crippen LogP contribution in [0.15, 0.2) is 30.3 Å². The van der Waals surface area contributed by atoms with Crippen LogP contribution >= 0.6 is 11.3 Å². The number of benzene rings is 1. The number of aromatic nitrogens is 2. The van der Waals surface area contributed by atoms with E-state index >= 15 is 0 Å². The molecule has 3 heterocycles. The molecule has 1 aliphatic heterocycles. The molecule has 0 spiro atoms. The summed E-state index contributed by atoms with van der Waals surface area (Å²) in [5, 5.41) is 5.40. The van der Waals surface area contributed by atoms with Gasteiger partial charge < -0.3 is 9.64 Å². The SMILES string of the molecule is Cc1nn(Cc2ccc(F)cc2)c2sc(C(=O)OCC(=O)N3CCCCC3)cc12. The van der Waals surface area contributed by atoms with Gasteiger partial charge in [-0.25, -0.2) is 9.18 Å². The molecule has 0 aliphatic carbocycles. The summed E-state index contributed by atoms with van der Waals surface area (Å²) in [5.41, 5.74) is 1.72. The van der Waals surface area contributed by atoms with Gasteiger partial charge in [0.15, 0.2) is 6.61 Å². The van der Waals surface area contributed by atoms with E-state index in [1.807, 2.05) is 6.92 Å². The number of carbonyl (C=O) groups excluding carboxylic acids is 2. The Morgan fingerprint density at radius 1 is 1.17 bits per heavy atom. The van der Waals surface area contributed by atoms with Gasteiger partial charge in [0.2, 0.25) is 0 Å². The van der Waals surface area contributed by atoms with Crippen LogP contribution in [0.4, 0.5) is 4.39 Å². The average molecular weight is 415 g/mol. The maximum absolute atomic E-state index is 13.1.